The zero-order valence-electron chi connectivity index (χ0n) is 9.77. The van der Waals surface area contributed by atoms with Gasteiger partial charge in [0.05, 0.1) is 12.0 Å². The summed E-state index contributed by atoms with van der Waals surface area (Å²) in [5.41, 5.74) is 0.716. The molecule has 1 rings (SSSR count). The highest BCUT2D eigenvalue weighted by molar-refractivity contribution is 9.10. The van der Waals surface area contributed by atoms with Gasteiger partial charge in [-0.1, -0.05) is 13.8 Å². The second kappa shape index (κ2) is 5.87. The number of thiol groups is 1. The number of hydrogen-bond acceptors (Lipinski definition) is 3. The molecule has 0 aromatic carbocycles. The van der Waals surface area contributed by atoms with Crippen LogP contribution >= 0.6 is 28.6 Å². The average Bonchev–Trinajstić information content (AvgIpc) is 2.25. The van der Waals surface area contributed by atoms with Crippen LogP contribution in [0.1, 0.15) is 19.5 Å². The van der Waals surface area contributed by atoms with Gasteiger partial charge < -0.3 is 0 Å². The van der Waals surface area contributed by atoms with Gasteiger partial charge in [-0.3, -0.25) is 9.36 Å². The molecule has 1 heterocycles. The van der Waals surface area contributed by atoms with E-state index >= 15 is 0 Å². The van der Waals surface area contributed by atoms with Gasteiger partial charge in [0.2, 0.25) is 0 Å². The minimum Gasteiger partial charge on any atom is -0.298 e. The summed E-state index contributed by atoms with van der Waals surface area (Å²) < 4.78 is 2.20. The van der Waals surface area contributed by atoms with Crippen molar-refractivity contribution in [3.63, 3.8) is 0 Å². The molecule has 5 heteroatoms. The minimum absolute atomic E-state index is 0.0140. The number of nitrogens with zero attached hydrogens (tertiary/aromatic N) is 2. The van der Waals surface area contributed by atoms with Crippen molar-refractivity contribution in [1.82, 2.24) is 9.55 Å². The fraction of sp³-hybridized carbons (Fsp3) is 0.636. The Hall–Kier alpha value is -0.290. The highest BCUT2D eigenvalue weighted by Crippen LogP contribution is 2.15. The van der Waals surface area contributed by atoms with Gasteiger partial charge in [-0.25, -0.2) is 4.98 Å². The Morgan fingerprint density at radius 2 is 2.19 bits per heavy atom. The number of halogens is 1. The van der Waals surface area contributed by atoms with Crippen LogP contribution in [-0.4, -0.2) is 15.3 Å². The maximum Gasteiger partial charge on any atom is 0.267 e. The van der Waals surface area contributed by atoms with Crippen molar-refractivity contribution in [1.29, 1.82) is 0 Å². The first kappa shape index (κ1) is 13.8. The standard InChI is InChI=1S/C11H17BrN2OS/c1-7(2)9(5-16)4-14-6-13-8(3)10(12)11(14)15/h6-7,9,16H,4-5H2,1-3H3. The predicted molar refractivity (Wildman–Crippen MR) is 73.1 cm³/mol. The first-order valence-electron chi connectivity index (χ1n) is 5.29. The first-order chi connectivity index (χ1) is 7.47. The smallest absolute Gasteiger partial charge is 0.267 e. The molecule has 0 amide bonds. The van der Waals surface area contributed by atoms with Crippen LogP contribution in [0, 0.1) is 18.8 Å². The molecule has 1 unspecified atom stereocenters. The molecular formula is C11H17BrN2OS. The van der Waals surface area contributed by atoms with Gasteiger partial charge in [0, 0.05) is 6.54 Å². The zero-order valence-corrected chi connectivity index (χ0v) is 12.3. The van der Waals surface area contributed by atoms with E-state index in [2.05, 4.69) is 47.4 Å². The van der Waals surface area contributed by atoms with Gasteiger partial charge in [0.1, 0.15) is 4.47 Å². The van der Waals surface area contributed by atoms with E-state index in [1.165, 1.54) is 0 Å². The fourth-order valence-corrected chi connectivity index (χ4v) is 2.28. The molecule has 1 aromatic heterocycles. The quantitative estimate of drug-likeness (QED) is 0.868. The molecular weight excluding hydrogens is 288 g/mol. The van der Waals surface area contributed by atoms with E-state index < -0.39 is 0 Å². The van der Waals surface area contributed by atoms with E-state index in [0.717, 1.165) is 11.4 Å². The fourth-order valence-electron chi connectivity index (χ4n) is 1.41. The van der Waals surface area contributed by atoms with Crippen molar-refractivity contribution < 1.29 is 0 Å². The van der Waals surface area contributed by atoms with Crippen LogP contribution in [0.4, 0.5) is 0 Å². The molecule has 0 bridgehead atoms. The Morgan fingerprint density at radius 1 is 1.56 bits per heavy atom. The lowest BCUT2D eigenvalue weighted by Crippen LogP contribution is -2.28. The minimum atomic E-state index is -0.0140. The van der Waals surface area contributed by atoms with Crippen molar-refractivity contribution in [3.05, 3.63) is 26.8 Å². The summed E-state index contributed by atoms with van der Waals surface area (Å²) in [6.45, 7) is 6.77. The summed E-state index contributed by atoms with van der Waals surface area (Å²) in [6, 6.07) is 0. The third-order valence-electron chi connectivity index (χ3n) is 2.77. The molecule has 0 fully saturated rings. The maximum atomic E-state index is 11.9. The summed E-state index contributed by atoms with van der Waals surface area (Å²) in [5.74, 6) is 1.66. The number of aryl methyl sites for hydroxylation is 1. The Bertz CT molecular complexity index is 417. The molecule has 0 aliphatic carbocycles. The second-order valence-electron chi connectivity index (χ2n) is 4.29. The van der Waals surface area contributed by atoms with Crippen molar-refractivity contribution in [3.8, 4) is 0 Å². The molecule has 3 nitrogen and oxygen atoms in total. The Kier molecular flexibility index (Phi) is 5.05. The van der Waals surface area contributed by atoms with Crippen LogP contribution in [-0.2, 0) is 6.54 Å². The first-order valence-corrected chi connectivity index (χ1v) is 6.72. The van der Waals surface area contributed by atoms with Gasteiger partial charge in [0.25, 0.3) is 5.56 Å². The Balaban J connectivity index is 2.98. The van der Waals surface area contributed by atoms with Crippen molar-refractivity contribution in [2.24, 2.45) is 11.8 Å². The normalized spacial score (nSPS) is 13.1. The lowest BCUT2D eigenvalue weighted by Gasteiger charge is -2.19. The van der Waals surface area contributed by atoms with Crippen LogP contribution in [0.2, 0.25) is 0 Å². The van der Waals surface area contributed by atoms with Crippen molar-refractivity contribution >= 4 is 28.6 Å². The molecule has 0 radical (unpaired) electrons. The number of aromatic nitrogens is 2. The molecule has 0 spiro atoms. The third kappa shape index (κ3) is 3.10. The van der Waals surface area contributed by atoms with E-state index in [9.17, 15) is 4.79 Å². The molecule has 0 N–H and O–H groups in total. The molecule has 0 aliphatic heterocycles. The van der Waals surface area contributed by atoms with Crippen LogP contribution < -0.4 is 5.56 Å². The van der Waals surface area contributed by atoms with Crippen LogP contribution in [0.3, 0.4) is 0 Å². The van der Waals surface area contributed by atoms with E-state index in [4.69, 9.17) is 0 Å². The largest absolute Gasteiger partial charge is 0.298 e. The maximum absolute atomic E-state index is 11.9. The summed E-state index contributed by atoms with van der Waals surface area (Å²) in [5, 5.41) is 0. The monoisotopic (exact) mass is 304 g/mol. The van der Waals surface area contributed by atoms with Crippen LogP contribution in [0.25, 0.3) is 0 Å². The zero-order chi connectivity index (χ0) is 12.3. The second-order valence-corrected chi connectivity index (χ2v) is 5.45. The molecule has 0 saturated carbocycles. The molecule has 1 aromatic rings. The summed E-state index contributed by atoms with van der Waals surface area (Å²) in [6.07, 6.45) is 1.61. The lowest BCUT2D eigenvalue weighted by molar-refractivity contribution is 0.365. The van der Waals surface area contributed by atoms with Gasteiger partial charge in [-0.2, -0.15) is 12.6 Å². The molecule has 16 heavy (non-hydrogen) atoms. The predicted octanol–water partition coefficient (Wildman–Crippen LogP) is 2.52. The van der Waals surface area contributed by atoms with E-state index in [1.807, 2.05) is 6.92 Å². The summed E-state index contributed by atoms with van der Waals surface area (Å²) >= 11 is 7.58. The summed E-state index contributed by atoms with van der Waals surface area (Å²) in [4.78, 5) is 16.1. The number of hydrogen-bond donors (Lipinski definition) is 1. The topological polar surface area (TPSA) is 34.9 Å². The van der Waals surface area contributed by atoms with Crippen molar-refractivity contribution in [2.75, 3.05) is 5.75 Å². The number of rotatable bonds is 4. The van der Waals surface area contributed by atoms with E-state index in [-0.39, 0.29) is 5.56 Å². The molecule has 0 aliphatic rings. The van der Waals surface area contributed by atoms with Gasteiger partial charge in [-0.15, -0.1) is 0 Å². The van der Waals surface area contributed by atoms with Crippen molar-refractivity contribution in [2.45, 2.75) is 27.3 Å². The van der Waals surface area contributed by atoms with E-state index in [1.54, 1.807) is 10.9 Å². The SMILES string of the molecule is Cc1ncn(CC(CS)C(C)C)c(=O)c1Br. The Labute approximate surface area is 110 Å². The van der Waals surface area contributed by atoms with Gasteiger partial charge in [-0.05, 0) is 40.4 Å². The molecule has 0 saturated heterocycles. The highest BCUT2D eigenvalue weighted by Gasteiger charge is 2.14. The Morgan fingerprint density at radius 3 is 2.69 bits per heavy atom. The lowest BCUT2D eigenvalue weighted by atomic mass is 9.98. The van der Waals surface area contributed by atoms with Crippen LogP contribution in [0.15, 0.2) is 15.6 Å². The van der Waals surface area contributed by atoms with Gasteiger partial charge in [0.15, 0.2) is 0 Å². The average molecular weight is 305 g/mol. The third-order valence-corrected chi connectivity index (χ3v) is 4.15. The summed E-state index contributed by atoms with van der Waals surface area (Å²) in [7, 11) is 0. The molecule has 90 valence electrons. The van der Waals surface area contributed by atoms with E-state index in [0.29, 0.717) is 22.9 Å². The van der Waals surface area contributed by atoms with Gasteiger partial charge >= 0.3 is 0 Å². The van der Waals surface area contributed by atoms with Crippen LogP contribution in [0.5, 0.6) is 0 Å². The highest BCUT2D eigenvalue weighted by atomic mass is 79.9. The molecule has 1 atom stereocenters.